The number of imidazole rings is 1. The summed E-state index contributed by atoms with van der Waals surface area (Å²) >= 11 is 0. The minimum Gasteiger partial charge on any atom is -0.444 e. The summed E-state index contributed by atoms with van der Waals surface area (Å²) in [5, 5.41) is 3.19. The lowest BCUT2D eigenvalue weighted by Gasteiger charge is -2.27. The highest BCUT2D eigenvalue weighted by Crippen LogP contribution is 2.52. The number of ether oxygens (including phenoxy) is 1. The van der Waals surface area contributed by atoms with E-state index in [9.17, 15) is 9.59 Å². The summed E-state index contributed by atoms with van der Waals surface area (Å²) in [5.41, 5.74) is 1.09. The first-order chi connectivity index (χ1) is 13.5. The van der Waals surface area contributed by atoms with E-state index >= 15 is 0 Å². The molecule has 0 bridgehead atoms. The summed E-state index contributed by atoms with van der Waals surface area (Å²) in [6.45, 7) is 12.8. The Morgan fingerprint density at radius 2 is 1.83 bits per heavy atom. The standard InChI is InChI=1S/C22H30N4O3/c1-13-8-7-9-26-16(13)10-23-19(26)22(5,6)24-18(27)17-14-11-25(12-15(14)17)20(28)29-21(2,3)4/h7-10,14-15,17H,11-12H2,1-6H3,(H,24,27). The molecule has 1 aliphatic heterocycles. The summed E-state index contributed by atoms with van der Waals surface area (Å²) in [6, 6.07) is 4.04. The van der Waals surface area contributed by atoms with Crippen molar-refractivity contribution in [1.82, 2.24) is 19.6 Å². The van der Waals surface area contributed by atoms with Crippen LogP contribution in [0, 0.1) is 24.7 Å². The quantitative estimate of drug-likeness (QED) is 0.862. The topological polar surface area (TPSA) is 75.9 Å². The van der Waals surface area contributed by atoms with E-state index in [0.717, 1.165) is 16.9 Å². The highest BCUT2D eigenvalue weighted by molar-refractivity contribution is 5.84. The number of amides is 2. The first-order valence-electron chi connectivity index (χ1n) is 10.2. The van der Waals surface area contributed by atoms with Gasteiger partial charge in [0.15, 0.2) is 0 Å². The number of carbonyl (C=O) groups excluding carboxylic acids is 2. The minimum absolute atomic E-state index is 0.0400. The summed E-state index contributed by atoms with van der Waals surface area (Å²) in [4.78, 5) is 31.5. The van der Waals surface area contributed by atoms with E-state index in [4.69, 9.17) is 4.74 Å². The average molecular weight is 399 g/mol. The number of aromatic nitrogens is 2. The third kappa shape index (κ3) is 3.58. The minimum atomic E-state index is -0.598. The Morgan fingerprint density at radius 3 is 2.45 bits per heavy atom. The van der Waals surface area contributed by atoms with Gasteiger partial charge in [0.1, 0.15) is 11.4 Å². The zero-order chi connectivity index (χ0) is 21.1. The largest absolute Gasteiger partial charge is 0.444 e. The maximum Gasteiger partial charge on any atom is 0.410 e. The lowest BCUT2D eigenvalue weighted by Crippen LogP contribution is -2.45. The molecule has 2 atom stereocenters. The number of pyridine rings is 1. The van der Waals surface area contributed by atoms with Gasteiger partial charge in [-0.05, 0) is 65.0 Å². The van der Waals surface area contributed by atoms with Crippen molar-refractivity contribution in [2.24, 2.45) is 17.8 Å². The van der Waals surface area contributed by atoms with Crippen LogP contribution < -0.4 is 5.32 Å². The molecule has 2 unspecified atom stereocenters. The van der Waals surface area contributed by atoms with Crippen molar-refractivity contribution in [2.45, 2.75) is 52.7 Å². The molecule has 2 aliphatic rings. The Kier molecular flexibility index (Phi) is 4.40. The molecule has 0 radical (unpaired) electrons. The van der Waals surface area contributed by atoms with Crippen LogP contribution in [-0.2, 0) is 15.1 Å². The van der Waals surface area contributed by atoms with Gasteiger partial charge in [0, 0.05) is 25.2 Å². The fraction of sp³-hybridized carbons (Fsp3) is 0.591. The number of nitrogens with one attached hydrogen (secondary N) is 1. The van der Waals surface area contributed by atoms with Crippen LogP contribution in [0.3, 0.4) is 0 Å². The lowest BCUT2D eigenvalue weighted by atomic mass is 10.0. The van der Waals surface area contributed by atoms with E-state index < -0.39 is 11.1 Å². The lowest BCUT2D eigenvalue weighted by molar-refractivity contribution is -0.125. The van der Waals surface area contributed by atoms with Crippen LogP contribution in [0.1, 0.15) is 46.0 Å². The number of piperidine rings is 1. The highest BCUT2D eigenvalue weighted by Gasteiger charge is 2.61. The van der Waals surface area contributed by atoms with Crippen LogP contribution in [0.25, 0.3) is 5.52 Å². The Hall–Kier alpha value is -2.57. The van der Waals surface area contributed by atoms with Gasteiger partial charge in [-0.1, -0.05) is 6.07 Å². The summed E-state index contributed by atoms with van der Waals surface area (Å²) in [7, 11) is 0. The van der Waals surface area contributed by atoms with Gasteiger partial charge in [0.05, 0.1) is 17.3 Å². The summed E-state index contributed by atoms with van der Waals surface area (Å²) < 4.78 is 7.48. The zero-order valence-corrected chi connectivity index (χ0v) is 18.0. The number of likely N-dealkylation sites (tertiary alicyclic amines) is 1. The maximum absolute atomic E-state index is 13.0. The second-order valence-electron chi connectivity index (χ2n) is 9.88. The number of rotatable bonds is 3. The molecule has 7 nitrogen and oxygen atoms in total. The van der Waals surface area contributed by atoms with Crippen molar-refractivity contribution >= 4 is 17.5 Å². The SMILES string of the molecule is Cc1cccn2c(C(C)(C)NC(=O)C3C4CN(C(=O)OC(C)(C)C)CC43)ncc12. The van der Waals surface area contributed by atoms with Crippen molar-refractivity contribution in [3.05, 3.63) is 35.9 Å². The van der Waals surface area contributed by atoms with Crippen LogP contribution >= 0.6 is 0 Å². The molecule has 2 fully saturated rings. The number of carbonyl (C=O) groups is 2. The van der Waals surface area contributed by atoms with Gasteiger partial charge in [0.2, 0.25) is 5.91 Å². The molecule has 1 saturated carbocycles. The Labute approximate surface area is 171 Å². The second kappa shape index (κ2) is 6.47. The molecule has 4 rings (SSSR count). The van der Waals surface area contributed by atoms with Crippen LogP contribution in [-0.4, -0.2) is 45.0 Å². The van der Waals surface area contributed by atoms with Gasteiger partial charge in [-0.3, -0.25) is 4.79 Å². The van der Waals surface area contributed by atoms with Gasteiger partial charge in [-0.15, -0.1) is 0 Å². The van der Waals surface area contributed by atoms with Crippen molar-refractivity contribution in [1.29, 1.82) is 0 Å². The Bertz CT molecular complexity index is 960. The van der Waals surface area contributed by atoms with Crippen molar-refractivity contribution in [3.63, 3.8) is 0 Å². The Balaban J connectivity index is 1.40. The van der Waals surface area contributed by atoms with Crippen molar-refractivity contribution < 1.29 is 14.3 Å². The van der Waals surface area contributed by atoms with Crippen LogP contribution in [0.15, 0.2) is 24.5 Å². The van der Waals surface area contributed by atoms with Gasteiger partial charge in [-0.2, -0.15) is 0 Å². The van der Waals surface area contributed by atoms with Gasteiger partial charge >= 0.3 is 6.09 Å². The molecule has 2 amide bonds. The maximum atomic E-state index is 13.0. The molecule has 1 saturated heterocycles. The molecule has 0 aromatic carbocycles. The molecule has 2 aromatic heterocycles. The third-order valence-electron chi connectivity index (χ3n) is 5.93. The molecular weight excluding hydrogens is 368 g/mol. The number of fused-ring (bicyclic) bond motifs is 2. The summed E-state index contributed by atoms with van der Waals surface area (Å²) in [6.07, 6.45) is 3.54. The normalized spacial score (nSPS) is 23.8. The number of nitrogens with zero attached hydrogens (tertiary/aromatic N) is 3. The average Bonchev–Trinajstić information content (AvgIpc) is 2.96. The molecule has 2 aromatic rings. The molecule has 156 valence electrons. The molecular formula is C22H30N4O3. The molecule has 0 spiro atoms. The van der Waals surface area contributed by atoms with E-state index in [-0.39, 0.29) is 29.8 Å². The molecule has 29 heavy (non-hydrogen) atoms. The van der Waals surface area contributed by atoms with Gasteiger partial charge < -0.3 is 19.4 Å². The first-order valence-corrected chi connectivity index (χ1v) is 10.2. The monoisotopic (exact) mass is 398 g/mol. The summed E-state index contributed by atoms with van der Waals surface area (Å²) in [5.74, 6) is 1.25. The van der Waals surface area contributed by atoms with Crippen molar-refractivity contribution in [2.75, 3.05) is 13.1 Å². The number of aryl methyl sites for hydroxylation is 1. The van der Waals surface area contributed by atoms with Crippen LogP contribution in [0.5, 0.6) is 0 Å². The first kappa shape index (κ1) is 19.7. The van der Waals surface area contributed by atoms with E-state index in [1.54, 1.807) is 4.90 Å². The van der Waals surface area contributed by atoms with Crippen LogP contribution in [0.4, 0.5) is 4.79 Å². The fourth-order valence-electron chi connectivity index (χ4n) is 4.46. The molecule has 1 N–H and O–H groups in total. The smallest absolute Gasteiger partial charge is 0.410 e. The van der Waals surface area contributed by atoms with E-state index in [2.05, 4.69) is 10.3 Å². The van der Waals surface area contributed by atoms with Crippen molar-refractivity contribution in [3.8, 4) is 0 Å². The second-order valence-corrected chi connectivity index (χ2v) is 9.88. The molecule has 3 heterocycles. The van der Waals surface area contributed by atoms with Crippen LogP contribution in [0.2, 0.25) is 0 Å². The van der Waals surface area contributed by atoms with E-state index in [1.807, 2.05) is 70.5 Å². The Morgan fingerprint density at radius 1 is 1.17 bits per heavy atom. The number of hydrogen-bond acceptors (Lipinski definition) is 4. The highest BCUT2D eigenvalue weighted by atomic mass is 16.6. The number of hydrogen-bond donors (Lipinski definition) is 1. The van der Waals surface area contributed by atoms with E-state index in [0.29, 0.717) is 13.1 Å². The fourth-order valence-corrected chi connectivity index (χ4v) is 4.46. The predicted molar refractivity (Wildman–Crippen MR) is 109 cm³/mol. The van der Waals surface area contributed by atoms with E-state index in [1.165, 1.54) is 0 Å². The molecule has 1 aliphatic carbocycles. The third-order valence-corrected chi connectivity index (χ3v) is 5.93. The van der Waals surface area contributed by atoms with Gasteiger partial charge in [-0.25, -0.2) is 9.78 Å². The van der Waals surface area contributed by atoms with Gasteiger partial charge in [0.25, 0.3) is 0 Å². The molecule has 7 heteroatoms. The predicted octanol–water partition coefficient (Wildman–Crippen LogP) is 3.11. The zero-order valence-electron chi connectivity index (χ0n) is 18.0.